The van der Waals surface area contributed by atoms with Crippen molar-refractivity contribution in [1.29, 1.82) is 0 Å². The van der Waals surface area contributed by atoms with Crippen LogP contribution in [0.4, 0.5) is 0 Å². The molecule has 0 aromatic heterocycles. The Bertz CT molecular complexity index is 183. The number of nitrogens with one attached hydrogen (secondary N) is 1. The van der Waals surface area contributed by atoms with E-state index in [0.29, 0.717) is 6.04 Å². The summed E-state index contributed by atoms with van der Waals surface area (Å²) in [5, 5.41) is 3.32. The van der Waals surface area contributed by atoms with Crippen molar-refractivity contribution in [1.82, 2.24) is 5.32 Å². The molecule has 0 rings (SSSR count). The third kappa shape index (κ3) is 6.83. The van der Waals surface area contributed by atoms with Gasteiger partial charge in [0, 0.05) is 6.04 Å². The third-order valence-electron chi connectivity index (χ3n) is 2.87. The molecule has 3 heteroatoms. The van der Waals surface area contributed by atoms with Crippen LogP contribution in [-0.2, 0) is 9.53 Å². The number of esters is 1. The van der Waals surface area contributed by atoms with Crippen molar-refractivity contribution >= 4 is 5.97 Å². The molecule has 0 saturated carbocycles. The van der Waals surface area contributed by atoms with E-state index in [-0.39, 0.29) is 12.0 Å². The van der Waals surface area contributed by atoms with Gasteiger partial charge in [-0.05, 0) is 19.8 Å². The summed E-state index contributed by atoms with van der Waals surface area (Å²) < 4.78 is 4.75. The molecule has 0 spiro atoms. The zero-order valence-electron chi connectivity index (χ0n) is 11.2. The zero-order chi connectivity index (χ0) is 12.4. The minimum Gasteiger partial charge on any atom is -0.468 e. The molecule has 0 aliphatic heterocycles. The molecule has 0 fully saturated rings. The van der Waals surface area contributed by atoms with Gasteiger partial charge in [0.25, 0.3) is 0 Å². The third-order valence-corrected chi connectivity index (χ3v) is 2.87. The van der Waals surface area contributed by atoms with E-state index in [1.807, 2.05) is 6.92 Å². The Morgan fingerprint density at radius 1 is 1.25 bits per heavy atom. The molecule has 16 heavy (non-hydrogen) atoms. The van der Waals surface area contributed by atoms with Crippen molar-refractivity contribution in [2.24, 2.45) is 0 Å². The first-order valence-corrected chi connectivity index (χ1v) is 6.49. The van der Waals surface area contributed by atoms with Crippen LogP contribution in [0.2, 0.25) is 0 Å². The normalized spacial score (nSPS) is 14.5. The highest BCUT2D eigenvalue weighted by Gasteiger charge is 2.18. The summed E-state index contributed by atoms with van der Waals surface area (Å²) in [6, 6.07) is 0.243. The Morgan fingerprint density at radius 2 is 1.94 bits per heavy atom. The number of ether oxygens (including phenoxy) is 1. The van der Waals surface area contributed by atoms with Gasteiger partial charge in [-0.15, -0.1) is 0 Å². The average Bonchev–Trinajstić information content (AvgIpc) is 2.30. The second-order valence-electron chi connectivity index (χ2n) is 4.40. The summed E-state index contributed by atoms with van der Waals surface area (Å²) in [4.78, 5) is 11.4. The molecule has 2 atom stereocenters. The highest BCUT2D eigenvalue weighted by atomic mass is 16.5. The zero-order valence-corrected chi connectivity index (χ0v) is 11.2. The monoisotopic (exact) mass is 229 g/mol. The number of methoxy groups -OCH3 is 1. The summed E-state index contributed by atoms with van der Waals surface area (Å²) >= 11 is 0. The van der Waals surface area contributed by atoms with Crippen molar-refractivity contribution in [2.75, 3.05) is 7.11 Å². The predicted octanol–water partition coefficient (Wildman–Crippen LogP) is 2.89. The van der Waals surface area contributed by atoms with Gasteiger partial charge in [-0.1, -0.05) is 39.5 Å². The van der Waals surface area contributed by atoms with E-state index in [1.165, 1.54) is 32.8 Å². The van der Waals surface area contributed by atoms with Gasteiger partial charge in [-0.25, -0.2) is 0 Å². The minimum absolute atomic E-state index is 0.147. The molecular formula is C13H27NO2. The van der Waals surface area contributed by atoms with Crippen LogP contribution < -0.4 is 5.32 Å². The first-order chi connectivity index (χ1) is 7.65. The van der Waals surface area contributed by atoms with E-state index in [9.17, 15) is 4.79 Å². The Balaban J connectivity index is 3.74. The van der Waals surface area contributed by atoms with Crippen molar-refractivity contribution in [2.45, 2.75) is 71.4 Å². The summed E-state index contributed by atoms with van der Waals surface area (Å²) in [5.41, 5.74) is 0. The van der Waals surface area contributed by atoms with Crippen LogP contribution in [0, 0.1) is 0 Å². The lowest BCUT2D eigenvalue weighted by Gasteiger charge is -2.20. The lowest BCUT2D eigenvalue weighted by molar-refractivity contribution is -0.143. The maximum atomic E-state index is 11.4. The molecule has 2 unspecified atom stereocenters. The first kappa shape index (κ1) is 15.4. The summed E-state index contributed by atoms with van der Waals surface area (Å²) in [5.74, 6) is -0.150. The standard InChI is InChI=1S/C13H27NO2/c1-5-7-8-9-10-11(3)14-12(6-2)13(15)16-4/h11-12,14H,5-10H2,1-4H3. The fraction of sp³-hybridized carbons (Fsp3) is 0.923. The minimum atomic E-state index is -0.150. The molecule has 0 aliphatic rings. The van der Waals surface area contributed by atoms with E-state index < -0.39 is 0 Å². The van der Waals surface area contributed by atoms with Gasteiger partial charge >= 0.3 is 5.97 Å². The Kier molecular flexibility index (Phi) is 9.30. The van der Waals surface area contributed by atoms with Crippen molar-refractivity contribution in [3.63, 3.8) is 0 Å². The summed E-state index contributed by atoms with van der Waals surface area (Å²) in [6.45, 7) is 6.35. The van der Waals surface area contributed by atoms with Crippen LogP contribution in [0.1, 0.15) is 59.3 Å². The number of rotatable bonds is 9. The molecule has 3 nitrogen and oxygen atoms in total. The SMILES string of the molecule is CCCCCCC(C)NC(CC)C(=O)OC. The number of hydrogen-bond donors (Lipinski definition) is 1. The molecule has 0 amide bonds. The second-order valence-corrected chi connectivity index (χ2v) is 4.40. The Hall–Kier alpha value is -0.570. The molecule has 1 N–H and O–H groups in total. The maximum Gasteiger partial charge on any atom is 0.322 e. The van der Waals surface area contributed by atoms with E-state index >= 15 is 0 Å². The van der Waals surface area contributed by atoms with E-state index in [4.69, 9.17) is 4.74 Å². The predicted molar refractivity (Wildman–Crippen MR) is 67.5 cm³/mol. The molecule has 0 aromatic carbocycles. The smallest absolute Gasteiger partial charge is 0.322 e. The van der Waals surface area contributed by atoms with Crippen LogP contribution in [0.5, 0.6) is 0 Å². The topological polar surface area (TPSA) is 38.3 Å². The molecule has 96 valence electrons. The Labute approximate surface area is 99.9 Å². The highest BCUT2D eigenvalue weighted by molar-refractivity contribution is 5.75. The van der Waals surface area contributed by atoms with Gasteiger partial charge in [0.2, 0.25) is 0 Å². The number of unbranched alkanes of at least 4 members (excludes halogenated alkanes) is 3. The van der Waals surface area contributed by atoms with Gasteiger partial charge in [0.15, 0.2) is 0 Å². The number of hydrogen-bond acceptors (Lipinski definition) is 3. The molecule has 0 radical (unpaired) electrons. The van der Waals surface area contributed by atoms with Crippen molar-refractivity contribution in [3.05, 3.63) is 0 Å². The fourth-order valence-corrected chi connectivity index (χ4v) is 1.80. The molecular weight excluding hydrogens is 202 g/mol. The molecule has 0 saturated heterocycles. The quantitative estimate of drug-likeness (QED) is 0.488. The van der Waals surface area contributed by atoms with Crippen molar-refractivity contribution in [3.8, 4) is 0 Å². The first-order valence-electron chi connectivity index (χ1n) is 6.49. The van der Waals surface area contributed by atoms with Gasteiger partial charge in [-0.2, -0.15) is 0 Å². The lowest BCUT2D eigenvalue weighted by atomic mass is 10.1. The van der Waals surface area contributed by atoms with Crippen LogP contribution in [0.3, 0.4) is 0 Å². The van der Waals surface area contributed by atoms with Gasteiger partial charge < -0.3 is 10.1 Å². The average molecular weight is 229 g/mol. The maximum absolute atomic E-state index is 11.4. The molecule has 0 aromatic rings. The molecule has 0 heterocycles. The van der Waals surface area contributed by atoms with E-state index in [1.54, 1.807) is 0 Å². The highest BCUT2D eigenvalue weighted by Crippen LogP contribution is 2.07. The molecule has 0 aliphatic carbocycles. The van der Waals surface area contributed by atoms with Gasteiger partial charge in [0.05, 0.1) is 7.11 Å². The van der Waals surface area contributed by atoms with E-state index in [2.05, 4.69) is 19.2 Å². The lowest BCUT2D eigenvalue weighted by Crippen LogP contribution is -2.42. The van der Waals surface area contributed by atoms with Crippen LogP contribution >= 0.6 is 0 Å². The largest absolute Gasteiger partial charge is 0.468 e. The van der Waals surface area contributed by atoms with E-state index in [0.717, 1.165) is 12.8 Å². The second kappa shape index (κ2) is 9.64. The van der Waals surface area contributed by atoms with Crippen LogP contribution in [0.25, 0.3) is 0 Å². The number of carbonyl (C=O) groups is 1. The summed E-state index contributed by atoms with van der Waals surface area (Å²) in [7, 11) is 1.44. The Morgan fingerprint density at radius 3 is 2.44 bits per heavy atom. The number of carbonyl (C=O) groups excluding carboxylic acids is 1. The van der Waals surface area contributed by atoms with Gasteiger partial charge in [0.1, 0.15) is 6.04 Å². The van der Waals surface area contributed by atoms with Crippen LogP contribution in [-0.4, -0.2) is 25.2 Å². The summed E-state index contributed by atoms with van der Waals surface area (Å²) in [6.07, 6.45) is 7.01. The van der Waals surface area contributed by atoms with Gasteiger partial charge in [-0.3, -0.25) is 4.79 Å². The van der Waals surface area contributed by atoms with Crippen molar-refractivity contribution < 1.29 is 9.53 Å². The van der Waals surface area contributed by atoms with Crippen LogP contribution in [0.15, 0.2) is 0 Å². The molecule has 0 bridgehead atoms. The fourth-order valence-electron chi connectivity index (χ4n) is 1.80.